The molecule has 0 saturated carbocycles. The Morgan fingerprint density at radius 3 is 2.59 bits per heavy atom. The zero-order chi connectivity index (χ0) is 15.7. The van der Waals surface area contributed by atoms with E-state index in [4.69, 9.17) is 16.0 Å². The molecule has 2 heterocycles. The lowest BCUT2D eigenvalue weighted by Gasteiger charge is -2.01. The van der Waals surface area contributed by atoms with Gasteiger partial charge in [-0.2, -0.15) is 5.10 Å². The zero-order valence-electron chi connectivity index (χ0n) is 12.2. The molecule has 0 fully saturated rings. The van der Waals surface area contributed by atoms with E-state index in [0.29, 0.717) is 16.7 Å². The van der Waals surface area contributed by atoms with E-state index in [9.17, 15) is 4.79 Å². The second kappa shape index (κ2) is 5.77. The Morgan fingerprint density at radius 2 is 1.86 bits per heavy atom. The van der Waals surface area contributed by atoms with E-state index < -0.39 is 0 Å². The molecule has 0 atom stereocenters. The third-order valence-corrected chi connectivity index (χ3v) is 3.48. The summed E-state index contributed by atoms with van der Waals surface area (Å²) in [6.45, 7) is 3.90. The summed E-state index contributed by atoms with van der Waals surface area (Å²) in [6.07, 6.45) is 0. The normalized spacial score (nSPS) is 10.9. The molecule has 0 N–H and O–H groups in total. The fourth-order valence-corrected chi connectivity index (χ4v) is 2.31. The number of benzene rings is 1. The van der Waals surface area contributed by atoms with Crippen molar-refractivity contribution in [3.8, 4) is 11.3 Å². The van der Waals surface area contributed by atoms with E-state index in [-0.39, 0.29) is 12.1 Å². The third kappa shape index (κ3) is 2.94. The first-order valence-electron chi connectivity index (χ1n) is 6.80. The first-order chi connectivity index (χ1) is 10.5. The van der Waals surface area contributed by atoms with Gasteiger partial charge in [-0.3, -0.25) is 4.79 Å². The molecule has 2 aromatic heterocycles. The van der Waals surface area contributed by atoms with Gasteiger partial charge in [-0.05, 0) is 44.2 Å². The van der Waals surface area contributed by atoms with Crippen LogP contribution in [0.5, 0.6) is 0 Å². The van der Waals surface area contributed by atoms with Crippen LogP contribution in [0.4, 0.5) is 0 Å². The predicted molar refractivity (Wildman–Crippen MR) is 84.0 cm³/mol. The Bertz CT molecular complexity index is 866. The molecule has 0 aliphatic heterocycles. The van der Waals surface area contributed by atoms with Gasteiger partial charge in [-0.1, -0.05) is 11.6 Å². The molecule has 0 bridgehead atoms. The standard InChI is InChI=1S/C16H14ClN3O2/c1-10-3-8-15(21)20(19-10)9-14-18-11(2)16(22-14)12-4-6-13(17)7-5-12/h3-8H,9H2,1-2H3. The monoisotopic (exact) mass is 315 g/mol. The quantitative estimate of drug-likeness (QED) is 0.744. The van der Waals surface area contributed by atoms with Crippen LogP contribution in [-0.4, -0.2) is 14.8 Å². The van der Waals surface area contributed by atoms with Gasteiger partial charge in [0, 0.05) is 16.7 Å². The molecule has 6 heteroatoms. The van der Waals surface area contributed by atoms with Gasteiger partial charge in [0.2, 0.25) is 5.89 Å². The first kappa shape index (κ1) is 14.5. The molecule has 0 amide bonds. The highest BCUT2D eigenvalue weighted by atomic mass is 35.5. The molecule has 112 valence electrons. The van der Waals surface area contributed by atoms with Crippen LogP contribution in [0.1, 0.15) is 17.3 Å². The van der Waals surface area contributed by atoms with E-state index >= 15 is 0 Å². The Labute approximate surface area is 132 Å². The summed E-state index contributed by atoms with van der Waals surface area (Å²) < 4.78 is 7.12. The number of nitrogens with zero attached hydrogens (tertiary/aromatic N) is 3. The SMILES string of the molecule is Cc1ccc(=O)n(Cc2nc(C)c(-c3ccc(Cl)cc3)o2)n1. The fourth-order valence-electron chi connectivity index (χ4n) is 2.18. The van der Waals surface area contributed by atoms with Crippen LogP contribution >= 0.6 is 11.6 Å². The maximum atomic E-state index is 11.8. The van der Waals surface area contributed by atoms with Gasteiger partial charge < -0.3 is 4.42 Å². The van der Waals surface area contributed by atoms with Gasteiger partial charge in [0.15, 0.2) is 5.76 Å². The second-order valence-corrected chi connectivity index (χ2v) is 5.44. The lowest BCUT2D eigenvalue weighted by Crippen LogP contribution is -2.23. The number of rotatable bonds is 3. The highest BCUT2D eigenvalue weighted by Crippen LogP contribution is 2.25. The Hall–Kier alpha value is -2.40. The number of hydrogen-bond donors (Lipinski definition) is 0. The predicted octanol–water partition coefficient (Wildman–Crippen LogP) is 3.22. The molecule has 0 radical (unpaired) electrons. The molecule has 3 aromatic rings. The summed E-state index contributed by atoms with van der Waals surface area (Å²) in [5.74, 6) is 1.12. The average molecular weight is 316 g/mol. The number of aryl methyl sites for hydroxylation is 2. The summed E-state index contributed by atoms with van der Waals surface area (Å²) in [7, 11) is 0. The highest BCUT2D eigenvalue weighted by molar-refractivity contribution is 6.30. The van der Waals surface area contributed by atoms with Crippen LogP contribution in [0, 0.1) is 13.8 Å². The van der Waals surface area contributed by atoms with E-state index in [1.807, 2.05) is 26.0 Å². The minimum atomic E-state index is -0.186. The van der Waals surface area contributed by atoms with Gasteiger partial charge >= 0.3 is 0 Å². The molecule has 1 aromatic carbocycles. The lowest BCUT2D eigenvalue weighted by molar-refractivity contribution is 0.464. The van der Waals surface area contributed by atoms with Gasteiger partial charge in [0.25, 0.3) is 5.56 Å². The Balaban J connectivity index is 1.94. The topological polar surface area (TPSA) is 60.9 Å². The maximum absolute atomic E-state index is 11.8. The molecule has 3 rings (SSSR count). The van der Waals surface area contributed by atoms with Gasteiger partial charge in [-0.15, -0.1) is 0 Å². The number of hydrogen-bond acceptors (Lipinski definition) is 4. The van der Waals surface area contributed by atoms with Crippen molar-refractivity contribution < 1.29 is 4.42 Å². The fraction of sp³-hybridized carbons (Fsp3) is 0.188. The number of halogens is 1. The minimum absolute atomic E-state index is 0.186. The van der Waals surface area contributed by atoms with Crippen molar-refractivity contribution in [2.45, 2.75) is 20.4 Å². The summed E-state index contributed by atoms with van der Waals surface area (Å²) in [4.78, 5) is 16.2. The van der Waals surface area contributed by atoms with E-state index in [1.54, 1.807) is 18.2 Å². The Kier molecular flexibility index (Phi) is 3.81. The second-order valence-electron chi connectivity index (χ2n) is 5.00. The number of oxazole rings is 1. The number of aromatic nitrogens is 3. The summed E-state index contributed by atoms with van der Waals surface area (Å²) in [5, 5.41) is 4.84. The van der Waals surface area contributed by atoms with Crippen molar-refractivity contribution in [1.82, 2.24) is 14.8 Å². The molecule has 0 saturated heterocycles. The van der Waals surface area contributed by atoms with Crippen LogP contribution in [0.15, 0.2) is 45.6 Å². The molecule has 0 aliphatic rings. The van der Waals surface area contributed by atoms with Crippen LogP contribution in [0.2, 0.25) is 5.02 Å². The van der Waals surface area contributed by atoms with Crippen LogP contribution in [-0.2, 0) is 6.54 Å². The molecule has 5 nitrogen and oxygen atoms in total. The van der Waals surface area contributed by atoms with Gasteiger partial charge in [-0.25, -0.2) is 9.67 Å². The minimum Gasteiger partial charge on any atom is -0.438 e. The van der Waals surface area contributed by atoms with Gasteiger partial charge in [0.05, 0.1) is 11.4 Å². The maximum Gasteiger partial charge on any atom is 0.267 e. The van der Waals surface area contributed by atoms with Crippen molar-refractivity contribution in [3.05, 3.63) is 69.1 Å². The highest BCUT2D eigenvalue weighted by Gasteiger charge is 2.13. The van der Waals surface area contributed by atoms with Crippen molar-refractivity contribution in [3.63, 3.8) is 0 Å². The van der Waals surface area contributed by atoms with E-state index in [1.165, 1.54) is 10.7 Å². The lowest BCUT2D eigenvalue weighted by atomic mass is 10.1. The summed E-state index contributed by atoms with van der Waals surface area (Å²) in [5.41, 5.74) is 2.23. The first-order valence-corrected chi connectivity index (χ1v) is 7.18. The Morgan fingerprint density at radius 1 is 1.14 bits per heavy atom. The molecule has 0 spiro atoms. The molecular weight excluding hydrogens is 302 g/mol. The van der Waals surface area contributed by atoms with Crippen LogP contribution < -0.4 is 5.56 Å². The molecular formula is C16H14ClN3O2. The van der Waals surface area contributed by atoms with Crippen LogP contribution in [0.25, 0.3) is 11.3 Å². The van der Waals surface area contributed by atoms with Crippen molar-refractivity contribution >= 4 is 11.6 Å². The summed E-state index contributed by atoms with van der Waals surface area (Å²) in [6, 6.07) is 10.5. The van der Waals surface area contributed by atoms with Crippen molar-refractivity contribution in [2.75, 3.05) is 0 Å². The molecule has 0 aliphatic carbocycles. The van der Waals surface area contributed by atoms with Crippen molar-refractivity contribution in [2.24, 2.45) is 0 Å². The van der Waals surface area contributed by atoms with Crippen LogP contribution in [0.3, 0.4) is 0 Å². The van der Waals surface area contributed by atoms with Crippen molar-refractivity contribution in [1.29, 1.82) is 0 Å². The largest absolute Gasteiger partial charge is 0.438 e. The van der Waals surface area contributed by atoms with E-state index in [2.05, 4.69) is 10.1 Å². The third-order valence-electron chi connectivity index (χ3n) is 3.23. The molecule has 0 unspecified atom stereocenters. The summed E-state index contributed by atoms with van der Waals surface area (Å²) >= 11 is 5.89. The average Bonchev–Trinajstić information content (AvgIpc) is 2.84. The molecule has 22 heavy (non-hydrogen) atoms. The van der Waals surface area contributed by atoms with Gasteiger partial charge in [0.1, 0.15) is 6.54 Å². The zero-order valence-corrected chi connectivity index (χ0v) is 13.0. The smallest absolute Gasteiger partial charge is 0.267 e. The van der Waals surface area contributed by atoms with E-state index in [0.717, 1.165) is 17.0 Å².